The lowest BCUT2D eigenvalue weighted by Gasteiger charge is -2.22. The molecule has 9 heteroatoms. The van der Waals surface area contributed by atoms with Gasteiger partial charge < -0.3 is 15.1 Å². The van der Waals surface area contributed by atoms with E-state index in [1.807, 2.05) is 13.0 Å². The van der Waals surface area contributed by atoms with Crippen molar-refractivity contribution in [3.05, 3.63) is 56.1 Å². The van der Waals surface area contributed by atoms with Gasteiger partial charge in [0.15, 0.2) is 0 Å². The van der Waals surface area contributed by atoms with Crippen molar-refractivity contribution in [2.75, 3.05) is 19.6 Å². The van der Waals surface area contributed by atoms with Gasteiger partial charge in [0.05, 0.1) is 0 Å². The third kappa shape index (κ3) is 5.64. The molecule has 0 aromatic carbocycles. The summed E-state index contributed by atoms with van der Waals surface area (Å²) in [5, 5.41) is 6.14. The van der Waals surface area contributed by atoms with Crippen molar-refractivity contribution in [3.63, 3.8) is 0 Å². The zero-order valence-corrected chi connectivity index (χ0v) is 19.6. The van der Waals surface area contributed by atoms with Gasteiger partial charge in [-0.1, -0.05) is 0 Å². The number of piperidine rings is 1. The van der Waals surface area contributed by atoms with Crippen LogP contribution in [0.5, 0.6) is 0 Å². The molecule has 0 spiro atoms. The maximum atomic E-state index is 12.6. The fraction of sp³-hybridized carbons (Fsp3) is 0.545. The van der Waals surface area contributed by atoms with E-state index in [1.54, 1.807) is 6.92 Å². The predicted octanol–water partition coefficient (Wildman–Crippen LogP) is 2.82. The Hall–Kier alpha value is -1.96. The molecule has 0 radical (unpaired) electrons. The Morgan fingerprint density at radius 2 is 2.03 bits per heavy atom. The summed E-state index contributed by atoms with van der Waals surface area (Å²) in [5.74, 6) is 1.19. The molecule has 2 aromatic heterocycles. The third-order valence-electron chi connectivity index (χ3n) is 5.91. The quantitative estimate of drug-likeness (QED) is 0.699. The molecule has 1 aliphatic heterocycles. The molecule has 1 fully saturated rings. The number of hydrogen-bond acceptors (Lipinski definition) is 6. The molecule has 1 amide bonds. The second kappa shape index (κ2) is 11.1. The van der Waals surface area contributed by atoms with Gasteiger partial charge in [-0.3, -0.25) is 4.79 Å². The number of aromatic nitrogens is 2. The van der Waals surface area contributed by atoms with Crippen LogP contribution in [0.25, 0.3) is 0 Å². The van der Waals surface area contributed by atoms with Gasteiger partial charge in [-0.05, 0) is 69.7 Å². The summed E-state index contributed by atoms with van der Waals surface area (Å²) in [5.41, 5.74) is 3.64. The topological polar surface area (TPSA) is 97.1 Å². The molecule has 1 aliphatic carbocycles. The van der Waals surface area contributed by atoms with E-state index in [4.69, 9.17) is 4.42 Å². The first-order valence-electron chi connectivity index (χ1n) is 10.5. The molecule has 0 saturated carbocycles. The molecule has 170 valence electrons. The summed E-state index contributed by atoms with van der Waals surface area (Å²) in [6.07, 6.45) is 5.77. The van der Waals surface area contributed by atoms with Gasteiger partial charge >= 0.3 is 5.63 Å². The highest BCUT2D eigenvalue weighted by Crippen LogP contribution is 2.24. The molecule has 2 N–H and O–H groups in total. The van der Waals surface area contributed by atoms with Crippen LogP contribution in [0.15, 0.2) is 15.3 Å². The van der Waals surface area contributed by atoms with Gasteiger partial charge in [0.1, 0.15) is 17.1 Å². The number of carbonyl (C=O) groups is 1. The molecule has 1 atom stereocenters. The number of fused-ring (bicyclic) bond motifs is 1. The van der Waals surface area contributed by atoms with Crippen LogP contribution in [-0.4, -0.2) is 35.5 Å². The lowest BCUT2D eigenvalue weighted by molar-refractivity contribution is 0.0948. The van der Waals surface area contributed by atoms with Crippen molar-refractivity contribution in [2.24, 2.45) is 0 Å². The normalized spacial score (nSPS) is 17.3. The molecule has 31 heavy (non-hydrogen) atoms. The van der Waals surface area contributed by atoms with Crippen LogP contribution in [-0.2, 0) is 19.3 Å². The van der Waals surface area contributed by atoms with Gasteiger partial charge in [0.2, 0.25) is 0 Å². The summed E-state index contributed by atoms with van der Waals surface area (Å²) in [6, 6.07) is 1.83. The van der Waals surface area contributed by atoms with Crippen LogP contribution in [0, 0.1) is 13.8 Å². The van der Waals surface area contributed by atoms with Crippen molar-refractivity contribution in [2.45, 2.75) is 58.3 Å². The fourth-order valence-electron chi connectivity index (χ4n) is 4.37. The Morgan fingerprint density at radius 3 is 2.74 bits per heavy atom. The van der Waals surface area contributed by atoms with E-state index in [1.165, 1.54) is 5.56 Å². The molecule has 7 nitrogen and oxygen atoms in total. The Balaban J connectivity index is 0.00000171. The van der Waals surface area contributed by atoms with Crippen LogP contribution in [0.2, 0.25) is 0 Å². The van der Waals surface area contributed by atoms with Gasteiger partial charge in [-0.25, -0.2) is 14.8 Å². The lowest BCUT2D eigenvalue weighted by atomic mass is 9.95. The van der Waals surface area contributed by atoms with Gasteiger partial charge in [-0.2, -0.15) is 0 Å². The van der Waals surface area contributed by atoms with Crippen LogP contribution in [0.1, 0.15) is 69.6 Å². The minimum Gasteiger partial charge on any atom is -0.427 e. The Morgan fingerprint density at radius 1 is 1.23 bits per heavy atom. The molecule has 1 saturated heterocycles. The number of nitrogens with one attached hydrogen (secondary N) is 2. The number of amides is 1. The first kappa shape index (κ1) is 25.3. The second-order valence-corrected chi connectivity index (χ2v) is 8.05. The second-order valence-electron chi connectivity index (χ2n) is 8.05. The smallest absolute Gasteiger partial charge is 0.349 e. The minimum absolute atomic E-state index is 0. The van der Waals surface area contributed by atoms with Crippen LogP contribution in [0.4, 0.5) is 0 Å². The van der Waals surface area contributed by atoms with E-state index >= 15 is 0 Å². The molecule has 0 bridgehead atoms. The maximum Gasteiger partial charge on any atom is 0.349 e. The number of halogens is 2. The molecular formula is C22H30Cl2N4O3. The average molecular weight is 469 g/mol. The maximum absolute atomic E-state index is 12.6. The fourth-order valence-corrected chi connectivity index (χ4v) is 4.37. The number of aryl methyl sites for hydroxylation is 3. The van der Waals surface area contributed by atoms with Gasteiger partial charge in [0, 0.05) is 36.8 Å². The third-order valence-corrected chi connectivity index (χ3v) is 5.91. The van der Waals surface area contributed by atoms with Crippen LogP contribution >= 0.6 is 24.8 Å². The number of carbonyl (C=O) groups excluding carboxylic acids is 1. The zero-order chi connectivity index (χ0) is 20.4. The molecule has 1 unspecified atom stereocenters. The first-order valence-corrected chi connectivity index (χ1v) is 10.5. The predicted molar refractivity (Wildman–Crippen MR) is 124 cm³/mol. The van der Waals surface area contributed by atoms with Crippen molar-refractivity contribution < 1.29 is 9.21 Å². The largest absolute Gasteiger partial charge is 0.427 e. The number of nitrogens with zero attached hydrogens (tertiary/aromatic N) is 2. The van der Waals surface area contributed by atoms with Gasteiger partial charge in [0.25, 0.3) is 5.91 Å². The average Bonchev–Trinajstić information content (AvgIpc) is 3.17. The Bertz CT molecular complexity index is 987. The van der Waals surface area contributed by atoms with E-state index in [0.717, 1.165) is 62.4 Å². The van der Waals surface area contributed by atoms with E-state index < -0.39 is 11.5 Å². The standard InChI is InChI=1S/C22H28N4O3.2ClH/c1-13-11-18(15-5-4-9-23-12-15)29-22(28)20(13)21(27)24-10-8-19-25-14(2)16-6-3-7-17(16)26-19;;/h11,15,23H,3-10,12H2,1-2H3,(H,24,27);2*1H. The zero-order valence-electron chi connectivity index (χ0n) is 18.0. The first-order chi connectivity index (χ1) is 14.0. The summed E-state index contributed by atoms with van der Waals surface area (Å²) in [6.45, 7) is 5.98. The Kier molecular flexibility index (Phi) is 9.03. The van der Waals surface area contributed by atoms with Crippen molar-refractivity contribution >= 4 is 30.7 Å². The summed E-state index contributed by atoms with van der Waals surface area (Å²) >= 11 is 0. The SMILES string of the molecule is Cc1cc(C2CCCNC2)oc(=O)c1C(=O)NCCc1nc(C)c2c(n1)CCC2.Cl.Cl. The summed E-state index contributed by atoms with van der Waals surface area (Å²) in [7, 11) is 0. The highest BCUT2D eigenvalue weighted by Gasteiger charge is 2.22. The van der Waals surface area contributed by atoms with Crippen molar-refractivity contribution in [1.29, 1.82) is 0 Å². The number of rotatable bonds is 5. The van der Waals surface area contributed by atoms with Gasteiger partial charge in [-0.15, -0.1) is 24.8 Å². The summed E-state index contributed by atoms with van der Waals surface area (Å²) < 4.78 is 5.50. The monoisotopic (exact) mass is 468 g/mol. The molecule has 4 rings (SSSR count). The van der Waals surface area contributed by atoms with E-state index in [2.05, 4.69) is 20.6 Å². The van der Waals surface area contributed by atoms with E-state index in [9.17, 15) is 9.59 Å². The van der Waals surface area contributed by atoms with Crippen molar-refractivity contribution in [3.8, 4) is 0 Å². The highest BCUT2D eigenvalue weighted by atomic mass is 35.5. The lowest BCUT2D eigenvalue weighted by Crippen LogP contribution is -2.32. The van der Waals surface area contributed by atoms with E-state index in [-0.39, 0.29) is 36.3 Å². The van der Waals surface area contributed by atoms with Crippen LogP contribution < -0.4 is 16.3 Å². The van der Waals surface area contributed by atoms with Crippen molar-refractivity contribution in [1.82, 2.24) is 20.6 Å². The van der Waals surface area contributed by atoms with E-state index in [0.29, 0.717) is 24.3 Å². The Labute approximate surface area is 194 Å². The molecular weight excluding hydrogens is 439 g/mol. The molecule has 2 aromatic rings. The van der Waals surface area contributed by atoms with Crippen LogP contribution in [0.3, 0.4) is 0 Å². The number of hydrogen-bond donors (Lipinski definition) is 2. The molecule has 2 aliphatic rings. The molecule has 3 heterocycles. The minimum atomic E-state index is -0.562. The summed E-state index contributed by atoms with van der Waals surface area (Å²) in [4.78, 5) is 34.3. The highest BCUT2D eigenvalue weighted by molar-refractivity contribution is 5.95.